The average Bonchev–Trinajstić information content (AvgIpc) is 2.76. The number of hydrogen-bond acceptors (Lipinski definition) is 2. The fraction of sp³-hybridized carbons (Fsp3) is 0.100. The second-order valence-corrected chi connectivity index (χ2v) is 5.02. The Kier molecular flexibility index (Phi) is 2.93. The van der Waals surface area contributed by atoms with Gasteiger partial charge >= 0.3 is 5.97 Å². The van der Waals surface area contributed by atoms with Gasteiger partial charge in [-0.15, -0.1) is 11.3 Å². The lowest BCUT2D eigenvalue weighted by Crippen LogP contribution is -1.96. The van der Waals surface area contributed by atoms with E-state index in [-0.39, 0.29) is 0 Å². The van der Waals surface area contributed by atoms with Gasteiger partial charge in [0.25, 0.3) is 0 Å². The molecule has 1 N–H and O–H groups in total. The van der Waals surface area contributed by atoms with Crippen LogP contribution in [0.2, 0.25) is 0 Å². The molecular formula is C10H8BrNO2S. The van der Waals surface area contributed by atoms with E-state index in [9.17, 15) is 4.79 Å². The topological polar surface area (TPSA) is 42.2 Å². The summed E-state index contributed by atoms with van der Waals surface area (Å²) in [6.45, 7) is 0.712. The summed E-state index contributed by atoms with van der Waals surface area (Å²) in [4.78, 5) is 11.8. The van der Waals surface area contributed by atoms with Gasteiger partial charge in [0.15, 0.2) is 0 Å². The van der Waals surface area contributed by atoms with Crippen LogP contribution in [-0.2, 0) is 6.54 Å². The van der Waals surface area contributed by atoms with E-state index in [1.807, 2.05) is 16.0 Å². The van der Waals surface area contributed by atoms with Crippen LogP contribution < -0.4 is 0 Å². The molecular weight excluding hydrogens is 278 g/mol. The van der Waals surface area contributed by atoms with Crippen LogP contribution in [0.4, 0.5) is 0 Å². The second kappa shape index (κ2) is 4.20. The van der Waals surface area contributed by atoms with E-state index in [0.717, 1.165) is 4.47 Å². The Morgan fingerprint density at radius 2 is 2.40 bits per heavy atom. The van der Waals surface area contributed by atoms with Crippen LogP contribution in [-0.4, -0.2) is 15.6 Å². The summed E-state index contributed by atoms with van der Waals surface area (Å²) in [7, 11) is 0. The number of thiophene rings is 1. The maximum atomic E-state index is 10.7. The van der Waals surface area contributed by atoms with Crippen molar-refractivity contribution in [2.24, 2.45) is 0 Å². The maximum absolute atomic E-state index is 10.7. The van der Waals surface area contributed by atoms with Crippen molar-refractivity contribution in [2.75, 3.05) is 0 Å². The zero-order valence-corrected chi connectivity index (χ0v) is 10.1. The van der Waals surface area contributed by atoms with Gasteiger partial charge < -0.3 is 9.67 Å². The monoisotopic (exact) mass is 285 g/mol. The number of rotatable bonds is 3. The summed E-state index contributed by atoms with van der Waals surface area (Å²) in [5.74, 6) is -0.888. The molecule has 78 valence electrons. The standard InChI is InChI=1S/C10H8BrNO2S/c11-8-3-9(15-6-8)5-12-2-1-7(4-12)10(13)14/h1-4,6H,5H2,(H,13,14). The first-order valence-electron chi connectivity index (χ1n) is 4.27. The molecule has 0 aliphatic heterocycles. The van der Waals surface area contributed by atoms with Crippen molar-refractivity contribution in [3.8, 4) is 0 Å². The lowest BCUT2D eigenvalue weighted by atomic mass is 10.4. The van der Waals surface area contributed by atoms with Crippen molar-refractivity contribution in [2.45, 2.75) is 6.54 Å². The molecule has 0 atom stereocenters. The molecule has 2 heterocycles. The molecule has 2 aromatic rings. The molecule has 0 aliphatic rings. The third kappa shape index (κ3) is 2.49. The van der Waals surface area contributed by atoms with Crippen molar-refractivity contribution in [1.82, 2.24) is 4.57 Å². The van der Waals surface area contributed by atoms with E-state index >= 15 is 0 Å². The molecule has 0 radical (unpaired) electrons. The Morgan fingerprint density at radius 1 is 1.60 bits per heavy atom. The number of nitrogens with zero attached hydrogens (tertiary/aromatic N) is 1. The zero-order valence-electron chi connectivity index (χ0n) is 7.68. The van der Waals surface area contributed by atoms with E-state index in [1.165, 1.54) is 4.88 Å². The van der Waals surface area contributed by atoms with Crippen LogP contribution in [0.5, 0.6) is 0 Å². The van der Waals surface area contributed by atoms with E-state index in [1.54, 1.807) is 29.8 Å². The lowest BCUT2D eigenvalue weighted by molar-refractivity contribution is 0.0697. The first-order chi connectivity index (χ1) is 7.15. The van der Waals surface area contributed by atoms with Gasteiger partial charge in [0.05, 0.1) is 12.1 Å². The van der Waals surface area contributed by atoms with Gasteiger partial charge in [-0.05, 0) is 28.1 Å². The van der Waals surface area contributed by atoms with Gasteiger partial charge in [-0.2, -0.15) is 0 Å². The molecule has 2 aromatic heterocycles. The molecule has 0 saturated carbocycles. The first kappa shape index (κ1) is 10.4. The maximum Gasteiger partial charge on any atom is 0.337 e. The molecule has 0 bridgehead atoms. The number of carbonyl (C=O) groups is 1. The number of halogens is 1. The fourth-order valence-corrected chi connectivity index (χ4v) is 2.74. The van der Waals surface area contributed by atoms with Crippen molar-refractivity contribution in [1.29, 1.82) is 0 Å². The van der Waals surface area contributed by atoms with Gasteiger partial charge in [-0.3, -0.25) is 0 Å². The summed E-state index contributed by atoms with van der Waals surface area (Å²) in [5.41, 5.74) is 0.325. The largest absolute Gasteiger partial charge is 0.478 e. The molecule has 0 amide bonds. The molecule has 0 aromatic carbocycles. The predicted molar refractivity (Wildman–Crippen MR) is 62.5 cm³/mol. The van der Waals surface area contributed by atoms with Crippen molar-refractivity contribution < 1.29 is 9.90 Å². The van der Waals surface area contributed by atoms with Crippen LogP contribution in [0.15, 0.2) is 34.4 Å². The summed E-state index contributed by atoms with van der Waals surface area (Å²) in [6, 6.07) is 3.64. The Morgan fingerprint density at radius 3 is 2.93 bits per heavy atom. The summed E-state index contributed by atoms with van der Waals surface area (Å²) in [6.07, 6.45) is 3.41. The highest BCUT2D eigenvalue weighted by Crippen LogP contribution is 2.20. The van der Waals surface area contributed by atoms with E-state index in [4.69, 9.17) is 5.11 Å². The highest BCUT2D eigenvalue weighted by atomic mass is 79.9. The fourth-order valence-electron chi connectivity index (χ4n) is 1.28. The van der Waals surface area contributed by atoms with Gasteiger partial charge in [0, 0.05) is 27.1 Å². The Bertz CT molecular complexity index is 489. The van der Waals surface area contributed by atoms with Crippen LogP contribution >= 0.6 is 27.3 Å². The molecule has 2 rings (SSSR count). The van der Waals surface area contributed by atoms with Gasteiger partial charge in [0.2, 0.25) is 0 Å². The van der Waals surface area contributed by atoms with E-state index < -0.39 is 5.97 Å². The Balaban J connectivity index is 2.14. The normalized spacial score (nSPS) is 10.5. The number of carboxylic acids is 1. The smallest absolute Gasteiger partial charge is 0.337 e. The summed E-state index contributed by atoms with van der Waals surface area (Å²) < 4.78 is 2.93. The average molecular weight is 286 g/mol. The second-order valence-electron chi connectivity index (χ2n) is 3.11. The third-order valence-electron chi connectivity index (χ3n) is 1.96. The predicted octanol–water partition coefficient (Wildman–Crippen LogP) is 3.06. The van der Waals surface area contributed by atoms with Crippen molar-refractivity contribution in [3.05, 3.63) is 44.8 Å². The van der Waals surface area contributed by atoms with E-state index in [2.05, 4.69) is 15.9 Å². The van der Waals surface area contributed by atoms with E-state index in [0.29, 0.717) is 12.1 Å². The molecule has 0 saturated heterocycles. The summed E-state index contributed by atoms with van der Waals surface area (Å²) >= 11 is 5.03. The molecule has 0 unspecified atom stereocenters. The molecule has 0 aliphatic carbocycles. The molecule has 3 nitrogen and oxygen atoms in total. The van der Waals surface area contributed by atoms with Crippen LogP contribution in [0.25, 0.3) is 0 Å². The Labute approximate surface area is 99.1 Å². The number of aromatic nitrogens is 1. The summed E-state index contributed by atoms with van der Waals surface area (Å²) in [5, 5.41) is 10.8. The molecule has 0 spiro atoms. The van der Waals surface area contributed by atoms with Gasteiger partial charge in [0.1, 0.15) is 0 Å². The number of aromatic carboxylic acids is 1. The SMILES string of the molecule is O=C(O)c1ccn(Cc2cc(Br)cs2)c1. The highest BCUT2D eigenvalue weighted by Gasteiger charge is 2.05. The van der Waals surface area contributed by atoms with Crippen molar-refractivity contribution in [3.63, 3.8) is 0 Å². The van der Waals surface area contributed by atoms with Crippen LogP contribution in [0, 0.1) is 0 Å². The van der Waals surface area contributed by atoms with Crippen LogP contribution in [0.3, 0.4) is 0 Å². The minimum Gasteiger partial charge on any atom is -0.478 e. The highest BCUT2D eigenvalue weighted by molar-refractivity contribution is 9.10. The minimum atomic E-state index is -0.888. The lowest BCUT2D eigenvalue weighted by Gasteiger charge is -1.98. The minimum absolute atomic E-state index is 0.325. The third-order valence-corrected chi connectivity index (χ3v) is 3.64. The zero-order chi connectivity index (χ0) is 10.8. The number of hydrogen-bond donors (Lipinski definition) is 1. The molecule has 5 heteroatoms. The van der Waals surface area contributed by atoms with Gasteiger partial charge in [-0.1, -0.05) is 0 Å². The van der Waals surface area contributed by atoms with Gasteiger partial charge in [-0.25, -0.2) is 4.79 Å². The van der Waals surface area contributed by atoms with Crippen molar-refractivity contribution >= 4 is 33.2 Å². The first-order valence-corrected chi connectivity index (χ1v) is 5.94. The van der Waals surface area contributed by atoms with Crippen LogP contribution in [0.1, 0.15) is 15.2 Å². The molecule has 0 fully saturated rings. The Hall–Kier alpha value is -1.07. The quantitative estimate of drug-likeness (QED) is 0.942. The molecule has 15 heavy (non-hydrogen) atoms. The number of carboxylic acid groups (broad SMARTS) is 1.